The number of benzene rings is 4. The lowest BCUT2D eigenvalue weighted by Gasteiger charge is -2.38. The van der Waals surface area contributed by atoms with Gasteiger partial charge in [0.25, 0.3) is 0 Å². The summed E-state index contributed by atoms with van der Waals surface area (Å²) in [5.74, 6) is 13.1. The van der Waals surface area contributed by atoms with Gasteiger partial charge in [-0.1, -0.05) is 162 Å². The Labute approximate surface area is 506 Å². The maximum Gasteiger partial charge on any atom is 0.119 e. The van der Waals surface area contributed by atoms with Gasteiger partial charge in [0.15, 0.2) is 0 Å². The Morgan fingerprint density at radius 1 is 0.378 bits per heavy atom. The van der Waals surface area contributed by atoms with Crippen LogP contribution in [0, 0.1) is 61.2 Å². The maximum absolute atomic E-state index is 5.74. The monoisotopic (exact) mass is 1110 g/mol. The molecule has 2 heteroatoms. The van der Waals surface area contributed by atoms with Gasteiger partial charge in [-0.05, 0) is 299 Å². The van der Waals surface area contributed by atoms with E-state index in [4.69, 9.17) is 9.47 Å². The Balaban J connectivity index is 0.000000178. The molecule has 0 N–H and O–H groups in total. The van der Waals surface area contributed by atoms with Crippen LogP contribution in [0.15, 0.2) is 122 Å². The molecule has 2 nitrogen and oxygen atoms in total. The number of aryl methyl sites for hydroxylation is 2. The molecule has 0 radical (unpaired) electrons. The third kappa shape index (κ3) is 21.8. The Morgan fingerprint density at radius 2 is 0.695 bits per heavy atom. The molecule has 454 valence electrons. The molecule has 0 spiro atoms. The molecule has 0 saturated heterocycles. The molecule has 10 rings (SSSR count). The SMILES string of the molecule is C=CC1CCC(C2CCC(c3ccc(C)cc3)CC2)CC1.C=CCCC1CCC(C2CCC(c3ccc(C)cc3)CC2)CC1.CCCC1CCC(c2ccc(OCC)cc2)CC1.CCCCOc1ccc(C2CCC(CCC)CC2)cc1.[HH]. The predicted molar refractivity (Wildman–Crippen MR) is 358 cm³/mol. The van der Waals surface area contributed by atoms with Gasteiger partial charge in [-0.2, -0.15) is 0 Å². The molecule has 0 aliphatic heterocycles. The average molecular weight is 1120 g/mol. The lowest BCUT2D eigenvalue weighted by atomic mass is 9.68. The van der Waals surface area contributed by atoms with E-state index in [-0.39, 0.29) is 1.43 Å². The van der Waals surface area contributed by atoms with Gasteiger partial charge in [0.05, 0.1) is 13.2 Å². The fourth-order valence-corrected chi connectivity index (χ4v) is 16.2. The summed E-state index contributed by atoms with van der Waals surface area (Å²) in [4.78, 5) is 0. The van der Waals surface area contributed by atoms with Crippen molar-refractivity contribution in [2.45, 2.75) is 271 Å². The van der Waals surface area contributed by atoms with Gasteiger partial charge in [-0.15, -0.1) is 13.2 Å². The minimum Gasteiger partial charge on any atom is -0.494 e. The van der Waals surface area contributed by atoms with Gasteiger partial charge in [0.2, 0.25) is 0 Å². The Hall–Kier alpha value is -4.04. The summed E-state index contributed by atoms with van der Waals surface area (Å²) in [5, 5.41) is 0. The molecule has 6 fully saturated rings. The highest BCUT2D eigenvalue weighted by Crippen LogP contribution is 2.47. The van der Waals surface area contributed by atoms with Crippen molar-refractivity contribution >= 4 is 0 Å². The summed E-state index contributed by atoms with van der Waals surface area (Å²) >= 11 is 0. The summed E-state index contributed by atoms with van der Waals surface area (Å²) in [6.07, 6.45) is 49.2. The summed E-state index contributed by atoms with van der Waals surface area (Å²) in [5.41, 5.74) is 8.95. The van der Waals surface area contributed by atoms with E-state index in [1.165, 1.54) is 221 Å². The first kappa shape index (κ1) is 65.5. The molecule has 0 heterocycles. The lowest BCUT2D eigenvalue weighted by molar-refractivity contribution is 0.157. The second-order valence-corrected chi connectivity index (χ2v) is 27.4. The standard InChI is InChI=1S/C23H34.C21H30.C19H30O.C17H26O.H2/c1-3-4-5-19-8-12-21(13-9-19)23-16-14-22(15-17-23)20-10-6-18(2)7-11-20;1-3-17-6-10-19(11-7-17)21-14-12-20(13-15-21)18-8-4-16(2)5-9-18;1-3-5-15-20-19-13-11-18(12-14-19)17-9-7-16(6-4-2)8-10-17;1-3-5-14-6-8-15(9-7-14)16-10-12-17(13-11-16)18-4-2;/h3,6-7,10-11,19,21-23H,1,4-5,8-9,12-17H2,2H3;3-5,8-9,17,19-21H,1,6-7,10-15H2,2H3;11-14,16-17H,3-10,15H2,1-2H3;10-15H,3-9H2,1-2H3;1H. The smallest absolute Gasteiger partial charge is 0.119 e. The van der Waals surface area contributed by atoms with Crippen LogP contribution >= 0.6 is 0 Å². The first-order valence-electron chi connectivity index (χ1n) is 35.0. The van der Waals surface area contributed by atoms with E-state index in [0.29, 0.717) is 0 Å². The van der Waals surface area contributed by atoms with Crippen molar-refractivity contribution in [1.82, 2.24) is 0 Å². The normalized spacial score (nSPS) is 28.3. The van der Waals surface area contributed by atoms with Gasteiger partial charge >= 0.3 is 0 Å². The maximum atomic E-state index is 5.74. The molecule has 0 unspecified atom stereocenters. The van der Waals surface area contributed by atoms with Gasteiger partial charge in [0, 0.05) is 1.43 Å². The van der Waals surface area contributed by atoms with E-state index < -0.39 is 0 Å². The van der Waals surface area contributed by atoms with Crippen LogP contribution in [0.4, 0.5) is 0 Å². The Morgan fingerprint density at radius 3 is 1.04 bits per heavy atom. The Bertz CT molecular complexity index is 2270. The number of hydrogen-bond donors (Lipinski definition) is 0. The van der Waals surface area contributed by atoms with Crippen LogP contribution in [-0.2, 0) is 0 Å². The lowest BCUT2D eigenvalue weighted by Crippen LogP contribution is -2.25. The van der Waals surface area contributed by atoms with E-state index >= 15 is 0 Å². The fraction of sp³-hybridized carbons (Fsp3) is 0.650. The van der Waals surface area contributed by atoms with Gasteiger partial charge in [0.1, 0.15) is 11.5 Å². The Kier molecular flexibility index (Phi) is 29.3. The fourth-order valence-electron chi connectivity index (χ4n) is 16.2. The van der Waals surface area contributed by atoms with Gasteiger partial charge in [-0.25, -0.2) is 0 Å². The molecule has 82 heavy (non-hydrogen) atoms. The molecular formula is C80H122O2. The number of rotatable bonds is 20. The molecule has 0 bridgehead atoms. The summed E-state index contributed by atoms with van der Waals surface area (Å²) < 4.78 is 11.2. The van der Waals surface area contributed by atoms with E-state index in [1.807, 2.05) is 6.92 Å². The molecule has 0 atom stereocenters. The molecule has 4 aromatic carbocycles. The predicted octanol–water partition coefficient (Wildman–Crippen LogP) is 24.6. The van der Waals surface area contributed by atoms with Crippen molar-refractivity contribution in [3.8, 4) is 11.5 Å². The second kappa shape index (κ2) is 36.7. The number of unbranched alkanes of at least 4 members (excludes halogenated alkanes) is 1. The highest BCUT2D eigenvalue weighted by atomic mass is 16.5. The summed E-state index contributed by atoms with van der Waals surface area (Å²) in [6, 6.07) is 36.2. The van der Waals surface area contributed by atoms with Crippen molar-refractivity contribution in [2.75, 3.05) is 13.2 Å². The van der Waals surface area contributed by atoms with Crippen LogP contribution in [0.3, 0.4) is 0 Å². The van der Waals surface area contributed by atoms with E-state index in [2.05, 4.69) is 157 Å². The van der Waals surface area contributed by atoms with Crippen LogP contribution in [0.5, 0.6) is 11.5 Å². The number of ether oxygens (including phenoxy) is 2. The third-order valence-corrected chi connectivity index (χ3v) is 21.7. The first-order valence-corrected chi connectivity index (χ1v) is 35.0. The number of allylic oxidation sites excluding steroid dienone is 2. The zero-order valence-corrected chi connectivity index (χ0v) is 53.6. The van der Waals surface area contributed by atoms with Crippen LogP contribution in [0.2, 0.25) is 0 Å². The minimum atomic E-state index is 0. The molecule has 6 aliphatic rings. The van der Waals surface area contributed by atoms with Crippen molar-refractivity contribution < 1.29 is 10.9 Å². The van der Waals surface area contributed by atoms with Gasteiger partial charge in [-0.3, -0.25) is 0 Å². The largest absolute Gasteiger partial charge is 0.494 e. The first-order chi connectivity index (χ1) is 40.2. The van der Waals surface area contributed by atoms with Crippen LogP contribution < -0.4 is 9.47 Å². The molecule has 0 amide bonds. The van der Waals surface area contributed by atoms with Crippen molar-refractivity contribution in [3.05, 3.63) is 156 Å². The topological polar surface area (TPSA) is 18.5 Å². The van der Waals surface area contributed by atoms with Crippen LogP contribution in [0.1, 0.15) is 292 Å². The van der Waals surface area contributed by atoms with E-state index in [0.717, 1.165) is 102 Å². The summed E-state index contributed by atoms with van der Waals surface area (Å²) in [6.45, 7) is 22.6. The second-order valence-electron chi connectivity index (χ2n) is 27.4. The van der Waals surface area contributed by atoms with Crippen LogP contribution in [-0.4, -0.2) is 13.2 Å². The molecule has 0 aromatic heterocycles. The van der Waals surface area contributed by atoms with Crippen molar-refractivity contribution in [1.29, 1.82) is 0 Å². The van der Waals surface area contributed by atoms with E-state index in [1.54, 1.807) is 11.1 Å². The zero-order valence-electron chi connectivity index (χ0n) is 53.6. The molecule has 4 aromatic rings. The quantitative estimate of drug-likeness (QED) is 0.0649. The van der Waals surface area contributed by atoms with Crippen molar-refractivity contribution in [2.24, 2.45) is 47.3 Å². The van der Waals surface area contributed by atoms with Crippen molar-refractivity contribution in [3.63, 3.8) is 0 Å². The minimum absolute atomic E-state index is 0. The van der Waals surface area contributed by atoms with Gasteiger partial charge < -0.3 is 9.47 Å². The highest BCUT2D eigenvalue weighted by molar-refractivity contribution is 5.31. The highest BCUT2D eigenvalue weighted by Gasteiger charge is 2.33. The summed E-state index contributed by atoms with van der Waals surface area (Å²) in [7, 11) is 0. The third-order valence-electron chi connectivity index (χ3n) is 21.7. The molecule has 6 saturated carbocycles. The van der Waals surface area contributed by atoms with E-state index in [9.17, 15) is 0 Å². The molecular weight excluding hydrogens is 993 g/mol. The average Bonchev–Trinajstić information content (AvgIpc) is 3.54. The van der Waals surface area contributed by atoms with Crippen LogP contribution in [0.25, 0.3) is 0 Å². The number of hydrogen-bond acceptors (Lipinski definition) is 2. The molecule has 6 aliphatic carbocycles. The zero-order chi connectivity index (χ0) is 57.7.